The van der Waals surface area contributed by atoms with Crippen molar-refractivity contribution in [2.24, 2.45) is 0 Å². The second-order valence-electron chi connectivity index (χ2n) is 8.89. The highest BCUT2D eigenvalue weighted by Gasteiger charge is 2.33. The van der Waals surface area contributed by atoms with Crippen molar-refractivity contribution in [3.8, 4) is 0 Å². The molecule has 208 valence electrons. The van der Waals surface area contributed by atoms with Gasteiger partial charge in [-0.1, -0.05) is 82.8 Å². The third-order valence-corrected chi connectivity index (χ3v) is 8.85. The summed E-state index contributed by atoms with van der Waals surface area (Å²) in [6.07, 6.45) is 1.70. The van der Waals surface area contributed by atoms with Crippen molar-refractivity contribution in [2.75, 3.05) is 17.4 Å². The van der Waals surface area contributed by atoms with Crippen molar-refractivity contribution >= 4 is 66.7 Å². The van der Waals surface area contributed by atoms with Gasteiger partial charge in [-0.15, -0.1) is 0 Å². The highest BCUT2D eigenvalue weighted by Crippen LogP contribution is 2.33. The SMILES string of the molecule is CCCCNC(=O)[C@H](C)N(Cc1cccc(Br)c1)C(=O)CN(c1cc(Cl)ccc1Cl)S(=O)(=O)c1ccccc1. The van der Waals surface area contributed by atoms with E-state index in [1.165, 1.54) is 35.2 Å². The minimum Gasteiger partial charge on any atom is -0.354 e. The summed E-state index contributed by atoms with van der Waals surface area (Å²) < 4.78 is 29.4. The highest BCUT2D eigenvalue weighted by molar-refractivity contribution is 9.10. The molecule has 0 heterocycles. The number of anilines is 1. The summed E-state index contributed by atoms with van der Waals surface area (Å²) in [5.74, 6) is -0.909. The van der Waals surface area contributed by atoms with Crippen molar-refractivity contribution in [1.82, 2.24) is 10.2 Å². The van der Waals surface area contributed by atoms with Crippen LogP contribution in [0.2, 0.25) is 10.0 Å². The number of sulfonamides is 1. The maximum Gasteiger partial charge on any atom is 0.264 e. The van der Waals surface area contributed by atoms with Crippen molar-refractivity contribution < 1.29 is 18.0 Å². The van der Waals surface area contributed by atoms with Crippen LogP contribution in [0, 0.1) is 0 Å². The summed E-state index contributed by atoms with van der Waals surface area (Å²) in [5.41, 5.74) is 0.827. The normalized spacial score (nSPS) is 12.0. The Bertz CT molecular complexity index is 1410. The van der Waals surface area contributed by atoms with E-state index in [9.17, 15) is 18.0 Å². The van der Waals surface area contributed by atoms with E-state index < -0.39 is 28.5 Å². The molecule has 7 nitrogen and oxygen atoms in total. The molecule has 0 aliphatic heterocycles. The van der Waals surface area contributed by atoms with Crippen molar-refractivity contribution in [1.29, 1.82) is 0 Å². The zero-order valence-electron chi connectivity index (χ0n) is 21.6. The largest absolute Gasteiger partial charge is 0.354 e. The van der Waals surface area contributed by atoms with E-state index in [0.29, 0.717) is 6.54 Å². The van der Waals surface area contributed by atoms with Crippen LogP contribution in [0.5, 0.6) is 0 Å². The summed E-state index contributed by atoms with van der Waals surface area (Å²) in [6, 6.07) is 18.6. The van der Waals surface area contributed by atoms with Crippen LogP contribution in [-0.2, 0) is 26.2 Å². The summed E-state index contributed by atoms with van der Waals surface area (Å²) >= 11 is 16.1. The molecule has 0 aliphatic rings. The molecule has 0 bridgehead atoms. The molecule has 0 spiro atoms. The van der Waals surface area contributed by atoms with Gasteiger partial charge in [0.05, 0.1) is 15.6 Å². The van der Waals surface area contributed by atoms with Gasteiger partial charge in [0.2, 0.25) is 11.8 Å². The molecule has 2 amide bonds. The number of unbranched alkanes of at least 4 members (excludes halogenated alkanes) is 1. The molecule has 1 atom stereocenters. The Balaban J connectivity index is 2.03. The zero-order valence-corrected chi connectivity index (χ0v) is 25.5. The average molecular weight is 655 g/mol. The van der Waals surface area contributed by atoms with E-state index in [2.05, 4.69) is 21.2 Å². The van der Waals surface area contributed by atoms with Crippen molar-refractivity contribution in [2.45, 2.75) is 44.2 Å². The van der Waals surface area contributed by atoms with Crippen LogP contribution in [0.25, 0.3) is 0 Å². The zero-order chi connectivity index (χ0) is 28.6. The first-order chi connectivity index (χ1) is 18.5. The van der Waals surface area contributed by atoms with Crippen molar-refractivity contribution in [3.63, 3.8) is 0 Å². The van der Waals surface area contributed by atoms with E-state index in [4.69, 9.17) is 23.2 Å². The molecule has 0 saturated heterocycles. The van der Waals surface area contributed by atoms with E-state index in [1.807, 2.05) is 31.2 Å². The topological polar surface area (TPSA) is 86.8 Å². The lowest BCUT2D eigenvalue weighted by Crippen LogP contribution is -2.51. The third-order valence-electron chi connectivity index (χ3n) is 6.03. The first-order valence-corrected chi connectivity index (χ1v) is 15.4. The second kappa shape index (κ2) is 14.2. The molecule has 11 heteroatoms. The number of nitrogens with zero attached hydrogens (tertiary/aromatic N) is 2. The maximum atomic E-state index is 13.9. The Kier molecular flexibility index (Phi) is 11.2. The Morgan fingerprint density at radius 3 is 2.38 bits per heavy atom. The third kappa shape index (κ3) is 8.20. The van der Waals surface area contributed by atoms with E-state index in [0.717, 1.165) is 27.2 Å². The van der Waals surface area contributed by atoms with Gasteiger partial charge < -0.3 is 10.2 Å². The van der Waals surface area contributed by atoms with E-state index >= 15 is 0 Å². The molecule has 0 aromatic heterocycles. The lowest BCUT2D eigenvalue weighted by atomic mass is 10.1. The van der Waals surface area contributed by atoms with Gasteiger partial charge in [0, 0.05) is 22.6 Å². The molecule has 0 fully saturated rings. The molecule has 3 aromatic rings. The van der Waals surface area contributed by atoms with Crippen LogP contribution in [0.3, 0.4) is 0 Å². The fourth-order valence-corrected chi connectivity index (χ4v) is 6.19. The summed E-state index contributed by atoms with van der Waals surface area (Å²) in [4.78, 5) is 28.3. The van der Waals surface area contributed by atoms with Gasteiger partial charge in [-0.2, -0.15) is 0 Å². The van der Waals surface area contributed by atoms with Crippen LogP contribution < -0.4 is 9.62 Å². The molecule has 0 saturated carbocycles. The van der Waals surface area contributed by atoms with Crippen LogP contribution >= 0.6 is 39.1 Å². The number of carbonyl (C=O) groups is 2. The van der Waals surface area contributed by atoms with Crippen molar-refractivity contribution in [3.05, 3.63) is 92.9 Å². The molecule has 3 aromatic carbocycles. The molecule has 1 N–H and O–H groups in total. The summed E-state index contributed by atoms with van der Waals surface area (Å²) in [7, 11) is -4.23. The highest BCUT2D eigenvalue weighted by atomic mass is 79.9. The predicted octanol–water partition coefficient (Wildman–Crippen LogP) is 6.28. The van der Waals surface area contributed by atoms with E-state index in [-0.39, 0.29) is 33.1 Å². The first-order valence-electron chi connectivity index (χ1n) is 12.4. The monoisotopic (exact) mass is 653 g/mol. The second-order valence-corrected chi connectivity index (χ2v) is 12.5. The Hall–Kier alpha value is -2.59. The Morgan fingerprint density at radius 2 is 1.72 bits per heavy atom. The molecular weight excluding hydrogens is 625 g/mol. The number of hydrogen-bond donors (Lipinski definition) is 1. The van der Waals surface area contributed by atoms with Crippen LogP contribution in [0.4, 0.5) is 5.69 Å². The predicted molar refractivity (Wildman–Crippen MR) is 160 cm³/mol. The van der Waals surface area contributed by atoms with E-state index in [1.54, 1.807) is 25.1 Å². The number of amides is 2. The van der Waals surface area contributed by atoms with Crippen LogP contribution in [-0.4, -0.2) is 44.3 Å². The van der Waals surface area contributed by atoms with Gasteiger partial charge in [0.1, 0.15) is 12.6 Å². The fourth-order valence-electron chi connectivity index (χ4n) is 3.86. The Morgan fingerprint density at radius 1 is 1.00 bits per heavy atom. The van der Waals surface area contributed by atoms with Crippen LogP contribution in [0.1, 0.15) is 32.3 Å². The number of nitrogens with one attached hydrogen (secondary N) is 1. The number of halogens is 3. The smallest absolute Gasteiger partial charge is 0.264 e. The number of hydrogen-bond acceptors (Lipinski definition) is 4. The standard InChI is InChI=1S/C28H30BrCl2N3O4S/c1-3-4-15-32-28(36)20(2)33(18-21-9-8-10-22(29)16-21)27(35)19-34(26-17-23(30)13-14-25(26)31)39(37,38)24-11-6-5-7-12-24/h5-14,16-17,20H,3-4,15,18-19H2,1-2H3,(H,32,36)/t20-/m0/s1. The van der Waals surface area contributed by atoms with Gasteiger partial charge in [0.15, 0.2) is 0 Å². The number of rotatable bonds is 12. The fraction of sp³-hybridized carbons (Fsp3) is 0.286. The summed E-state index contributed by atoms with van der Waals surface area (Å²) in [6.45, 7) is 3.60. The Labute approximate surface area is 248 Å². The minimum absolute atomic E-state index is 0.0160. The van der Waals surface area contributed by atoms with Gasteiger partial charge in [-0.3, -0.25) is 13.9 Å². The van der Waals surface area contributed by atoms with Gasteiger partial charge >= 0.3 is 0 Å². The molecule has 0 radical (unpaired) electrons. The lowest BCUT2D eigenvalue weighted by Gasteiger charge is -2.32. The minimum atomic E-state index is -4.23. The lowest BCUT2D eigenvalue weighted by molar-refractivity contribution is -0.139. The van der Waals surface area contributed by atoms with Gasteiger partial charge in [-0.25, -0.2) is 8.42 Å². The first kappa shape index (κ1) is 30.9. The number of carbonyl (C=O) groups excluding carboxylic acids is 2. The van der Waals surface area contributed by atoms with Crippen LogP contribution in [0.15, 0.2) is 82.2 Å². The quantitative estimate of drug-likeness (QED) is 0.233. The molecule has 0 unspecified atom stereocenters. The molecule has 3 rings (SSSR count). The van der Waals surface area contributed by atoms with Gasteiger partial charge in [0.25, 0.3) is 10.0 Å². The summed E-state index contributed by atoms with van der Waals surface area (Å²) in [5, 5.41) is 3.22. The molecule has 39 heavy (non-hydrogen) atoms. The molecule has 0 aliphatic carbocycles. The average Bonchev–Trinajstić information content (AvgIpc) is 2.92. The van der Waals surface area contributed by atoms with Gasteiger partial charge in [-0.05, 0) is 61.4 Å². The molecular formula is C28H30BrCl2N3O4S. The number of benzene rings is 3. The maximum absolute atomic E-state index is 13.9.